The highest BCUT2D eigenvalue weighted by Crippen LogP contribution is 2.29. The first-order valence-electron chi connectivity index (χ1n) is 7.90. The van der Waals surface area contributed by atoms with Gasteiger partial charge in [-0.3, -0.25) is 4.79 Å². The van der Waals surface area contributed by atoms with Gasteiger partial charge in [-0.1, -0.05) is 30.3 Å². The molecular weight excluding hydrogens is 343 g/mol. The molecule has 0 saturated heterocycles. The van der Waals surface area contributed by atoms with E-state index >= 15 is 0 Å². The van der Waals surface area contributed by atoms with Gasteiger partial charge in [-0.25, -0.2) is 4.68 Å². The van der Waals surface area contributed by atoms with Crippen LogP contribution in [0.2, 0.25) is 0 Å². The largest absolute Gasteiger partial charge is 0.416 e. The van der Waals surface area contributed by atoms with E-state index in [9.17, 15) is 18.0 Å². The van der Waals surface area contributed by atoms with E-state index in [2.05, 4.69) is 10.4 Å². The summed E-state index contributed by atoms with van der Waals surface area (Å²) in [4.78, 5) is 12.4. The molecule has 0 aliphatic carbocycles. The summed E-state index contributed by atoms with van der Waals surface area (Å²) in [5.41, 5.74) is 1.49. The third-order valence-corrected chi connectivity index (χ3v) is 3.96. The predicted molar refractivity (Wildman–Crippen MR) is 90.9 cm³/mol. The summed E-state index contributed by atoms with van der Waals surface area (Å²) in [6, 6.07) is 14.2. The van der Waals surface area contributed by atoms with E-state index in [1.165, 1.54) is 18.3 Å². The Morgan fingerprint density at radius 2 is 1.85 bits per heavy atom. The van der Waals surface area contributed by atoms with Gasteiger partial charge in [0.1, 0.15) is 0 Å². The van der Waals surface area contributed by atoms with Gasteiger partial charge in [-0.2, -0.15) is 18.3 Å². The van der Waals surface area contributed by atoms with Gasteiger partial charge in [0.2, 0.25) is 0 Å². The average molecular weight is 359 g/mol. The Hall–Kier alpha value is -3.09. The first kappa shape index (κ1) is 17.7. The number of halogens is 3. The Morgan fingerprint density at radius 3 is 2.54 bits per heavy atom. The standard InChI is InChI=1S/C19H16F3N3O/c1-13-17(12-24-25(13)16-8-3-2-4-9-16)18(26)23-11-14-6-5-7-15(10-14)19(20,21)22/h2-10,12H,11H2,1H3,(H,23,26). The van der Waals surface area contributed by atoms with Crippen molar-refractivity contribution in [3.05, 3.63) is 83.2 Å². The first-order valence-corrected chi connectivity index (χ1v) is 7.90. The van der Waals surface area contributed by atoms with Crippen LogP contribution in [0.1, 0.15) is 27.2 Å². The fraction of sp³-hybridized carbons (Fsp3) is 0.158. The number of aromatic nitrogens is 2. The SMILES string of the molecule is Cc1c(C(=O)NCc2cccc(C(F)(F)F)c2)cnn1-c1ccccc1. The molecule has 4 nitrogen and oxygen atoms in total. The normalized spacial score (nSPS) is 11.4. The van der Waals surface area contributed by atoms with Gasteiger partial charge >= 0.3 is 6.18 Å². The highest BCUT2D eigenvalue weighted by atomic mass is 19.4. The Balaban J connectivity index is 1.73. The van der Waals surface area contributed by atoms with Gasteiger partial charge in [0, 0.05) is 6.54 Å². The monoisotopic (exact) mass is 359 g/mol. The maximum atomic E-state index is 12.8. The van der Waals surface area contributed by atoms with Crippen LogP contribution in [0.4, 0.5) is 13.2 Å². The van der Waals surface area contributed by atoms with E-state index in [-0.39, 0.29) is 12.5 Å². The Labute approximate surface area is 148 Å². The maximum absolute atomic E-state index is 12.8. The van der Waals surface area contributed by atoms with E-state index in [1.807, 2.05) is 30.3 Å². The van der Waals surface area contributed by atoms with E-state index in [4.69, 9.17) is 0 Å². The van der Waals surface area contributed by atoms with Crippen LogP contribution in [0.3, 0.4) is 0 Å². The number of amides is 1. The number of benzene rings is 2. The molecule has 7 heteroatoms. The van der Waals surface area contributed by atoms with Crippen LogP contribution in [0, 0.1) is 6.92 Å². The van der Waals surface area contributed by atoms with Crippen molar-refractivity contribution in [3.63, 3.8) is 0 Å². The Morgan fingerprint density at radius 1 is 1.12 bits per heavy atom. The summed E-state index contributed by atoms with van der Waals surface area (Å²) in [5.74, 6) is -0.387. The molecule has 0 bridgehead atoms. The lowest BCUT2D eigenvalue weighted by Crippen LogP contribution is -2.23. The minimum absolute atomic E-state index is 0.00128. The Bertz CT molecular complexity index is 917. The summed E-state index contributed by atoms with van der Waals surface area (Å²) in [5, 5.41) is 6.86. The second-order valence-electron chi connectivity index (χ2n) is 5.77. The van der Waals surface area contributed by atoms with Crippen molar-refractivity contribution < 1.29 is 18.0 Å². The van der Waals surface area contributed by atoms with Crippen LogP contribution < -0.4 is 5.32 Å². The van der Waals surface area contributed by atoms with Crippen LogP contribution in [-0.2, 0) is 12.7 Å². The number of hydrogen-bond donors (Lipinski definition) is 1. The second-order valence-corrected chi connectivity index (χ2v) is 5.77. The van der Waals surface area contributed by atoms with E-state index in [0.717, 1.165) is 17.8 Å². The van der Waals surface area contributed by atoms with Crippen molar-refractivity contribution in [3.8, 4) is 5.69 Å². The second kappa shape index (κ2) is 7.03. The van der Waals surface area contributed by atoms with Crippen molar-refractivity contribution in [2.45, 2.75) is 19.6 Å². The Kier molecular flexibility index (Phi) is 4.79. The molecule has 3 aromatic rings. The number of rotatable bonds is 4. The predicted octanol–water partition coefficient (Wildman–Crippen LogP) is 4.13. The quantitative estimate of drug-likeness (QED) is 0.761. The molecule has 26 heavy (non-hydrogen) atoms. The summed E-state index contributed by atoms with van der Waals surface area (Å²) in [6.45, 7) is 1.76. The lowest BCUT2D eigenvalue weighted by Gasteiger charge is -2.10. The number of alkyl halides is 3. The van der Waals surface area contributed by atoms with Gasteiger partial charge in [-0.15, -0.1) is 0 Å². The van der Waals surface area contributed by atoms with E-state index in [1.54, 1.807) is 11.6 Å². The maximum Gasteiger partial charge on any atom is 0.416 e. The number of nitrogens with zero attached hydrogens (tertiary/aromatic N) is 2. The van der Waals surface area contributed by atoms with Crippen LogP contribution in [0.15, 0.2) is 60.8 Å². The summed E-state index contributed by atoms with van der Waals surface area (Å²) < 4.78 is 39.9. The van der Waals surface area contributed by atoms with Crippen LogP contribution in [-0.4, -0.2) is 15.7 Å². The molecular formula is C19H16F3N3O. The highest BCUT2D eigenvalue weighted by molar-refractivity contribution is 5.95. The lowest BCUT2D eigenvalue weighted by molar-refractivity contribution is -0.137. The summed E-state index contributed by atoms with van der Waals surface area (Å²) in [6.07, 6.45) is -2.96. The van der Waals surface area contributed by atoms with Crippen molar-refractivity contribution in [1.82, 2.24) is 15.1 Å². The van der Waals surface area contributed by atoms with Gasteiger partial charge in [0.05, 0.1) is 28.7 Å². The van der Waals surface area contributed by atoms with Crippen LogP contribution in [0.5, 0.6) is 0 Å². The molecule has 0 radical (unpaired) electrons. The van der Waals surface area contributed by atoms with Gasteiger partial charge in [-0.05, 0) is 36.8 Å². The molecule has 134 valence electrons. The molecule has 1 N–H and O–H groups in total. The number of carbonyl (C=O) groups is 1. The fourth-order valence-electron chi connectivity index (χ4n) is 2.60. The molecule has 2 aromatic carbocycles. The van der Waals surface area contributed by atoms with Crippen molar-refractivity contribution in [2.24, 2.45) is 0 Å². The number of hydrogen-bond acceptors (Lipinski definition) is 2. The van der Waals surface area contributed by atoms with Crippen molar-refractivity contribution in [1.29, 1.82) is 0 Å². The topological polar surface area (TPSA) is 46.9 Å². The van der Waals surface area contributed by atoms with Gasteiger partial charge < -0.3 is 5.32 Å². The molecule has 0 saturated carbocycles. The number of nitrogens with one attached hydrogen (secondary N) is 1. The zero-order valence-electron chi connectivity index (χ0n) is 13.9. The third-order valence-electron chi connectivity index (χ3n) is 3.96. The molecule has 1 amide bonds. The van der Waals surface area contributed by atoms with Gasteiger partial charge in [0.15, 0.2) is 0 Å². The molecule has 1 aromatic heterocycles. The minimum Gasteiger partial charge on any atom is -0.348 e. The van der Waals surface area contributed by atoms with Crippen LogP contribution in [0.25, 0.3) is 5.69 Å². The van der Waals surface area contributed by atoms with Crippen LogP contribution >= 0.6 is 0 Å². The van der Waals surface area contributed by atoms with Crippen molar-refractivity contribution in [2.75, 3.05) is 0 Å². The zero-order valence-corrected chi connectivity index (χ0v) is 13.9. The molecule has 0 aliphatic heterocycles. The lowest BCUT2D eigenvalue weighted by atomic mass is 10.1. The smallest absolute Gasteiger partial charge is 0.348 e. The highest BCUT2D eigenvalue weighted by Gasteiger charge is 2.30. The zero-order chi connectivity index (χ0) is 18.7. The molecule has 1 heterocycles. The van der Waals surface area contributed by atoms with E-state index in [0.29, 0.717) is 16.8 Å². The number of para-hydroxylation sites is 1. The molecule has 0 atom stereocenters. The fourth-order valence-corrected chi connectivity index (χ4v) is 2.60. The first-order chi connectivity index (χ1) is 12.4. The van der Waals surface area contributed by atoms with E-state index < -0.39 is 11.7 Å². The average Bonchev–Trinajstić information content (AvgIpc) is 3.01. The van der Waals surface area contributed by atoms with Gasteiger partial charge in [0.25, 0.3) is 5.91 Å². The third kappa shape index (κ3) is 3.77. The molecule has 0 unspecified atom stereocenters. The summed E-state index contributed by atoms with van der Waals surface area (Å²) >= 11 is 0. The molecule has 3 rings (SSSR count). The van der Waals surface area contributed by atoms with Crippen molar-refractivity contribution >= 4 is 5.91 Å². The summed E-state index contributed by atoms with van der Waals surface area (Å²) in [7, 11) is 0. The molecule has 0 aliphatic rings. The number of carbonyl (C=O) groups excluding carboxylic acids is 1. The minimum atomic E-state index is -4.41. The molecule has 0 spiro atoms. The molecule has 0 fully saturated rings.